The fourth-order valence-electron chi connectivity index (χ4n) is 16.6. The van der Waals surface area contributed by atoms with Crippen LogP contribution in [0.15, 0.2) is 134 Å². The topological polar surface area (TPSA) is 546 Å². The lowest BCUT2D eigenvalue weighted by atomic mass is 9.98. The summed E-state index contributed by atoms with van der Waals surface area (Å²) in [5.41, 5.74) is 13.9. The number of rotatable bonds is 25. The molecule has 3 aliphatic rings. The number of carbonyl (C=O) groups is 16. The molecular formula is C94H123F2N17O20S. The van der Waals surface area contributed by atoms with Crippen LogP contribution in [0.4, 0.5) is 8.78 Å². The number of nitrogens with one attached hydrogen (secondary N) is 10. The average molecular weight is 1880 g/mol. The number of carbonyl (C=O) groups excluding carboxylic acids is 15. The van der Waals surface area contributed by atoms with E-state index in [1.54, 1.807) is 112 Å². The molecule has 4 heterocycles. The number of nitrogens with two attached hydrogens (primary N) is 2. The molecule has 3 fully saturated rings. The van der Waals surface area contributed by atoms with Crippen LogP contribution in [0.3, 0.4) is 0 Å². The van der Waals surface area contributed by atoms with Crippen molar-refractivity contribution in [1.82, 2.24) is 77.3 Å². The van der Waals surface area contributed by atoms with Gasteiger partial charge in [-0.05, 0) is 109 Å². The number of aromatic amines is 1. The first-order chi connectivity index (χ1) is 63.7. The van der Waals surface area contributed by atoms with Crippen LogP contribution in [0.25, 0.3) is 10.9 Å². The lowest BCUT2D eigenvalue weighted by Crippen LogP contribution is -2.62. The molecule has 0 saturated carbocycles. The van der Waals surface area contributed by atoms with Crippen molar-refractivity contribution >= 4 is 117 Å². The smallest absolute Gasteiger partial charge is 0.305 e. The second kappa shape index (κ2) is 49.7. The molecule has 0 spiro atoms. The minimum absolute atomic E-state index is 0.0247. The molecule has 0 aliphatic carbocycles. The third-order valence-corrected chi connectivity index (χ3v) is 25.0. The Morgan fingerprint density at radius 3 is 1.63 bits per heavy atom. The Morgan fingerprint density at radius 2 is 1.04 bits per heavy atom. The average Bonchev–Trinajstić information content (AvgIpc) is 1.57. The third-order valence-electron chi connectivity index (χ3n) is 24.0. The minimum Gasteiger partial charge on any atom is -0.508 e. The molecular weight excluding hydrogens is 1760 g/mol. The van der Waals surface area contributed by atoms with Crippen LogP contribution < -0.4 is 59.3 Å². The summed E-state index contributed by atoms with van der Waals surface area (Å²) in [7, 11) is 3.77. The number of primary amides is 1. The van der Waals surface area contributed by atoms with Crippen molar-refractivity contribution in [2.75, 3.05) is 58.8 Å². The van der Waals surface area contributed by atoms with Gasteiger partial charge in [0.2, 0.25) is 88.6 Å². The van der Waals surface area contributed by atoms with Crippen LogP contribution in [0, 0.1) is 23.5 Å². The fraction of sp³-hybridized carbons (Fsp3) is 0.489. The summed E-state index contributed by atoms with van der Waals surface area (Å²) >= 11 is 0.713. The molecule has 15 amide bonds. The molecule has 5 aromatic carbocycles. The molecule has 9 rings (SSSR count). The highest BCUT2D eigenvalue weighted by Crippen LogP contribution is 2.29. The second-order valence-electron chi connectivity index (χ2n) is 35.0. The lowest BCUT2D eigenvalue weighted by Gasteiger charge is -2.38. The van der Waals surface area contributed by atoms with Gasteiger partial charge in [-0.15, -0.1) is 11.8 Å². The number of aliphatic hydroxyl groups excluding tert-OH is 2. The largest absolute Gasteiger partial charge is 0.508 e. The fourth-order valence-corrected chi connectivity index (χ4v) is 17.5. The Kier molecular flexibility index (Phi) is 38.8. The number of phenols is 1. The Labute approximate surface area is 779 Å². The molecule has 1 aromatic heterocycles. The first kappa shape index (κ1) is 105. The summed E-state index contributed by atoms with van der Waals surface area (Å²) in [6.45, 7) is 6.65. The number of fused-ring (bicyclic) bond motifs is 3. The number of benzene rings is 5. The maximum Gasteiger partial charge on any atom is 0.305 e. The van der Waals surface area contributed by atoms with Crippen LogP contribution in [-0.2, 0) is 109 Å². The van der Waals surface area contributed by atoms with Gasteiger partial charge in [-0.25, -0.2) is 8.78 Å². The third kappa shape index (κ3) is 29.3. The molecule has 15 atom stereocenters. The van der Waals surface area contributed by atoms with Gasteiger partial charge in [0.1, 0.15) is 84.3 Å². The molecule has 0 bridgehead atoms. The molecule has 0 unspecified atom stereocenters. The maximum atomic E-state index is 15.7. The predicted molar refractivity (Wildman–Crippen MR) is 490 cm³/mol. The quantitative estimate of drug-likeness (QED) is 0.0352. The number of thioether (sulfide) groups is 1. The highest BCUT2D eigenvalue weighted by Gasteiger charge is 2.48. The SMILES string of the molecule is CCCC[C@H]1C(=O)N2C[C@H](O)C[C@@H]2C(=O)N[C@@H](CC(=O)O)C(=O)N[C@@H](C(C)C)C(=O)N(C)[C@H](Cc2ccccc2)C(=O)N[C@@H](CCCCN)C(=O)N2C[C@H](O)C[C@@H]2C(=O)N[C@@H](Cc2c[nH]c3ccccc23)C(=O)N[C@@H](Cc2ccc(O)cc2)C(=O)N[C@H](CC(C)C)C(=O)N[C@H](C(=O)NCC(N)=O)CSCC(=O)N[C@H](Cc2ccc(F)c(F)c2)C(=O)N(C)[C@@H](Cc2ccccc2)C(=O)N1C. The van der Waals surface area contributed by atoms with Gasteiger partial charge in [0.15, 0.2) is 11.6 Å². The number of hydrogen-bond donors (Lipinski definition) is 16. The number of aliphatic hydroxyl groups is 2. The number of carboxylic acids is 1. The Hall–Kier alpha value is -13.0. The number of amides is 15. The van der Waals surface area contributed by atoms with Gasteiger partial charge in [-0.1, -0.05) is 145 Å². The number of hydrogen-bond acceptors (Lipinski definition) is 21. The van der Waals surface area contributed by atoms with E-state index < -0.39 is 266 Å². The van der Waals surface area contributed by atoms with E-state index in [0.29, 0.717) is 57.8 Å². The number of unbranched alkanes of at least 4 members (excludes halogenated alkanes) is 2. The molecule has 6 aromatic rings. The van der Waals surface area contributed by atoms with E-state index in [1.807, 2.05) is 0 Å². The van der Waals surface area contributed by atoms with Crippen molar-refractivity contribution in [2.24, 2.45) is 23.3 Å². The van der Waals surface area contributed by atoms with E-state index in [-0.39, 0.29) is 75.6 Å². The number of phenolic OH excluding ortho intramolecular Hbond substituents is 1. The second-order valence-corrected chi connectivity index (χ2v) is 36.1. The van der Waals surface area contributed by atoms with Gasteiger partial charge in [-0.3, -0.25) is 76.7 Å². The Bertz CT molecular complexity index is 5160. The van der Waals surface area contributed by atoms with E-state index >= 15 is 52.3 Å². The number of halogens is 2. The van der Waals surface area contributed by atoms with E-state index in [4.69, 9.17) is 11.5 Å². The highest BCUT2D eigenvalue weighted by molar-refractivity contribution is 8.00. The Morgan fingerprint density at radius 1 is 0.515 bits per heavy atom. The number of aliphatic carboxylic acids is 1. The molecule has 40 heteroatoms. The molecule has 3 aliphatic heterocycles. The minimum atomic E-state index is -2.02. The normalized spacial score (nSPS) is 24.6. The van der Waals surface area contributed by atoms with E-state index in [0.717, 1.165) is 42.7 Å². The number of nitrogens with zero attached hydrogens (tertiary/aromatic N) is 5. The number of aromatic hydroxyl groups is 1. The van der Waals surface area contributed by atoms with E-state index in [9.17, 15) is 53.6 Å². The van der Waals surface area contributed by atoms with E-state index in [1.165, 1.54) is 59.3 Å². The monoisotopic (exact) mass is 1880 g/mol. The summed E-state index contributed by atoms with van der Waals surface area (Å²) < 4.78 is 29.9. The van der Waals surface area contributed by atoms with Crippen LogP contribution in [-0.4, -0.2) is 294 Å². The first-order valence-electron chi connectivity index (χ1n) is 44.8. The number of aromatic nitrogens is 1. The zero-order valence-corrected chi connectivity index (χ0v) is 77.1. The zero-order valence-electron chi connectivity index (χ0n) is 76.2. The summed E-state index contributed by atoms with van der Waals surface area (Å²) in [6.07, 6.45) is -4.11. The van der Waals surface area contributed by atoms with Gasteiger partial charge >= 0.3 is 5.97 Å². The van der Waals surface area contributed by atoms with Crippen molar-refractivity contribution < 1.29 is 106 Å². The van der Waals surface area contributed by atoms with Crippen LogP contribution in [0.5, 0.6) is 5.75 Å². The highest BCUT2D eigenvalue weighted by atomic mass is 32.2. The van der Waals surface area contributed by atoms with Crippen LogP contribution in [0.2, 0.25) is 0 Å². The summed E-state index contributed by atoms with van der Waals surface area (Å²) in [5.74, 6) is -21.6. The van der Waals surface area contributed by atoms with Gasteiger partial charge in [-0.2, -0.15) is 0 Å². The summed E-state index contributed by atoms with van der Waals surface area (Å²) in [4.78, 5) is 246. The zero-order chi connectivity index (χ0) is 97.9. The van der Waals surface area contributed by atoms with Gasteiger partial charge in [0, 0.05) is 102 Å². The molecule has 0 radical (unpaired) electrons. The van der Waals surface area contributed by atoms with Crippen molar-refractivity contribution in [1.29, 1.82) is 0 Å². The van der Waals surface area contributed by atoms with Crippen molar-refractivity contribution in [2.45, 2.75) is 222 Å². The van der Waals surface area contributed by atoms with Crippen LogP contribution >= 0.6 is 11.8 Å². The van der Waals surface area contributed by atoms with Gasteiger partial charge in [0.05, 0.1) is 30.9 Å². The number of carboxylic acid groups (broad SMARTS) is 1. The number of likely N-dealkylation sites (N-methyl/N-ethyl adjacent to an activating group) is 3. The molecule has 18 N–H and O–H groups in total. The molecule has 134 heavy (non-hydrogen) atoms. The number of para-hydroxylation sites is 1. The molecule has 3 saturated heterocycles. The molecule has 724 valence electrons. The van der Waals surface area contributed by atoms with Crippen LogP contribution in [0.1, 0.15) is 127 Å². The Balaban J connectivity index is 1.14. The first-order valence-corrected chi connectivity index (χ1v) is 46.0. The maximum absolute atomic E-state index is 15.7. The van der Waals surface area contributed by atoms with Gasteiger partial charge < -0.3 is 109 Å². The van der Waals surface area contributed by atoms with Gasteiger partial charge in [0.25, 0.3) is 0 Å². The lowest BCUT2D eigenvalue weighted by molar-refractivity contribution is -0.152. The standard InChI is InChI=1S/C94H123F2N17O20S/c1-9-10-28-73-93(132)113-49-61(116)44-76(113)89(128)106-70(45-80(119)120)86(125)108-81(53(4)5)94(133)110(7)74(40-54-21-13-11-14-22-54)87(126)102-66(27-19-20-35-97)91(130)112-48-60(115)43-75(112)88(127)105-69(42-58-46-99-65-26-18-17-25-62(58)65)85(124)104-68(38-56-29-32-59(114)33-30-56)84(123)103-67(36-52(2)3)83(122)107-72(82(121)100-47-78(98)117)50-134-51-79(118)101-71(39-57-31-34-63(95)64(96)37-57)90(129)111(8)77(92(131)109(73)6)41-55-23-15-12-16-24-55/h11-18,21-26,29-34,37,46,52-53,60-61,66-77,81,99,114-116H,9-10,19-20,27-28,35-36,38-45,47-51,97H2,1-8H3,(H2,98,117)(H,100,121)(H,101,118)(H,102,126)(H,103,123)(H,104,124)(H,105,127)(H,106,128)(H,107,122)(H,108,125)(H,119,120)/t60-,61-,66+,67-,68+,69+,70+,71-,72+,73+,74-,75-,76-,77+,81+/m1/s1. The summed E-state index contributed by atoms with van der Waals surface area (Å²) in [5, 5.41) is 68.1. The predicted octanol–water partition coefficient (Wildman–Crippen LogP) is 0.792. The molecule has 37 nitrogen and oxygen atoms in total. The van der Waals surface area contributed by atoms with Crippen molar-refractivity contribution in [3.05, 3.63) is 173 Å². The van der Waals surface area contributed by atoms with Crippen molar-refractivity contribution in [3.8, 4) is 5.75 Å². The van der Waals surface area contributed by atoms with Crippen molar-refractivity contribution in [3.63, 3.8) is 0 Å². The van der Waals surface area contributed by atoms with E-state index in [2.05, 4.69) is 52.8 Å². The summed E-state index contributed by atoms with van der Waals surface area (Å²) in [6, 6.07) is 10.7. The number of H-pyrrole nitrogens is 1.